The Bertz CT molecular complexity index is 1310. The van der Waals surface area contributed by atoms with E-state index < -0.39 is 27.6 Å². The van der Waals surface area contributed by atoms with Gasteiger partial charge in [-0.25, -0.2) is 17.8 Å². The van der Waals surface area contributed by atoms with E-state index in [9.17, 15) is 26.0 Å². The lowest BCUT2D eigenvalue weighted by Gasteiger charge is -2.16. The number of sulfonamides is 1. The van der Waals surface area contributed by atoms with Crippen LogP contribution in [0.15, 0.2) is 59.5 Å². The average molecular weight is 483 g/mol. The predicted molar refractivity (Wildman–Crippen MR) is 116 cm³/mol. The van der Waals surface area contributed by atoms with Crippen LogP contribution in [-0.2, 0) is 22.7 Å². The van der Waals surface area contributed by atoms with E-state index in [1.807, 2.05) is 0 Å². The molecule has 0 radical (unpaired) electrons. The predicted octanol–water partition coefficient (Wildman–Crippen LogP) is 4.32. The van der Waals surface area contributed by atoms with Crippen LogP contribution in [0.3, 0.4) is 0 Å². The maximum absolute atomic E-state index is 14.0. The fourth-order valence-electron chi connectivity index (χ4n) is 3.93. The maximum Gasteiger partial charge on any atom is 0.416 e. The highest BCUT2D eigenvalue weighted by Gasteiger charge is 2.33. The lowest BCUT2D eigenvalue weighted by molar-refractivity contribution is -0.137. The lowest BCUT2D eigenvalue weighted by Crippen LogP contribution is -2.27. The molecule has 2 aromatic carbocycles. The van der Waals surface area contributed by atoms with Crippen LogP contribution in [0.5, 0.6) is 0 Å². The van der Waals surface area contributed by atoms with Gasteiger partial charge in [0.05, 0.1) is 34.4 Å². The van der Waals surface area contributed by atoms with Gasteiger partial charge >= 0.3 is 6.18 Å². The minimum absolute atomic E-state index is 0.00354. The van der Waals surface area contributed by atoms with Crippen LogP contribution < -0.4 is 5.73 Å². The standard InChI is InChI=1S/C22H22F4N4O2S/c23-17(6-7-27)13-29-14-28-21-19(11-16(12-20(21)29)22(24,25)26)15-4-3-5-18(10-15)33(31,32)30-8-1-2-9-30/h3-6,10-12,14H,1-2,7-9,13,27H2/b17-6-. The Morgan fingerprint density at radius 2 is 1.88 bits per heavy atom. The van der Waals surface area contributed by atoms with Gasteiger partial charge in [0.25, 0.3) is 0 Å². The number of allylic oxidation sites excluding steroid dienone is 1. The summed E-state index contributed by atoms with van der Waals surface area (Å²) in [6.07, 6.45) is -0.751. The zero-order valence-electron chi connectivity index (χ0n) is 17.5. The topological polar surface area (TPSA) is 81.2 Å². The third-order valence-corrected chi connectivity index (χ3v) is 7.46. The second-order valence-electron chi connectivity index (χ2n) is 7.79. The molecule has 0 saturated carbocycles. The number of nitrogens with two attached hydrogens (primary N) is 1. The van der Waals surface area contributed by atoms with Crippen molar-refractivity contribution in [2.24, 2.45) is 5.73 Å². The Balaban J connectivity index is 1.87. The highest BCUT2D eigenvalue weighted by molar-refractivity contribution is 7.89. The zero-order chi connectivity index (χ0) is 23.8. The molecule has 3 aromatic rings. The number of alkyl halides is 3. The number of halogens is 4. The van der Waals surface area contributed by atoms with Gasteiger partial charge in [-0.1, -0.05) is 12.1 Å². The minimum atomic E-state index is -4.66. The number of rotatable bonds is 6. The van der Waals surface area contributed by atoms with Crippen LogP contribution in [0, 0.1) is 0 Å². The van der Waals surface area contributed by atoms with E-state index in [-0.39, 0.29) is 40.1 Å². The Labute approximate surface area is 188 Å². The van der Waals surface area contributed by atoms with E-state index >= 15 is 0 Å². The molecule has 0 amide bonds. The summed E-state index contributed by atoms with van der Waals surface area (Å²) < 4.78 is 83.6. The first-order chi connectivity index (χ1) is 15.6. The number of aromatic nitrogens is 2. The Morgan fingerprint density at radius 3 is 2.55 bits per heavy atom. The Hall–Kier alpha value is -2.76. The van der Waals surface area contributed by atoms with Gasteiger partial charge in [-0.2, -0.15) is 17.5 Å². The van der Waals surface area contributed by atoms with Gasteiger partial charge < -0.3 is 10.3 Å². The second-order valence-corrected chi connectivity index (χ2v) is 9.73. The van der Waals surface area contributed by atoms with Gasteiger partial charge in [0.15, 0.2) is 0 Å². The number of hydrogen-bond acceptors (Lipinski definition) is 4. The molecule has 11 heteroatoms. The van der Waals surface area contributed by atoms with Crippen LogP contribution >= 0.6 is 0 Å². The number of hydrogen-bond donors (Lipinski definition) is 1. The fourth-order valence-corrected chi connectivity index (χ4v) is 5.49. The van der Waals surface area contributed by atoms with E-state index in [1.54, 1.807) is 0 Å². The van der Waals surface area contributed by atoms with Crippen LogP contribution in [-0.4, -0.2) is 41.9 Å². The third-order valence-electron chi connectivity index (χ3n) is 5.56. The molecule has 2 N–H and O–H groups in total. The van der Waals surface area contributed by atoms with Crippen molar-refractivity contribution in [3.05, 3.63) is 60.2 Å². The first-order valence-electron chi connectivity index (χ1n) is 10.3. The van der Waals surface area contributed by atoms with Gasteiger partial charge in [-0.3, -0.25) is 0 Å². The molecule has 1 aliphatic rings. The van der Waals surface area contributed by atoms with Gasteiger partial charge in [0.2, 0.25) is 10.0 Å². The monoisotopic (exact) mass is 482 g/mol. The minimum Gasteiger partial charge on any atom is -0.327 e. The maximum atomic E-state index is 14.0. The fraction of sp³-hybridized carbons (Fsp3) is 0.318. The number of nitrogens with zero attached hydrogens (tertiary/aromatic N) is 3. The van der Waals surface area contributed by atoms with Crippen molar-refractivity contribution >= 4 is 21.1 Å². The highest BCUT2D eigenvalue weighted by Crippen LogP contribution is 2.37. The SMILES string of the molecule is NC/C=C(\F)Cn1cnc2c(-c3cccc(S(=O)(=O)N4CCCC4)c3)cc(C(F)(F)F)cc21. The van der Waals surface area contributed by atoms with Crippen LogP contribution in [0.1, 0.15) is 18.4 Å². The van der Waals surface area contributed by atoms with Crippen molar-refractivity contribution in [1.29, 1.82) is 0 Å². The summed E-state index contributed by atoms with van der Waals surface area (Å²) in [5.74, 6) is -0.602. The van der Waals surface area contributed by atoms with Gasteiger partial charge in [0, 0.05) is 25.2 Å². The average Bonchev–Trinajstić information content (AvgIpc) is 3.44. The van der Waals surface area contributed by atoms with Crippen molar-refractivity contribution in [2.75, 3.05) is 19.6 Å². The van der Waals surface area contributed by atoms with Crippen molar-refractivity contribution in [2.45, 2.75) is 30.5 Å². The second kappa shape index (κ2) is 8.88. The van der Waals surface area contributed by atoms with E-state index in [0.29, 0.717) is 13.1 Å². The Morgan fingerprint density at radius 1 is 1.15 bits per heavy atom. The smallest absolute Gasteiger partial charge is 0.327 e. The quantitative estimate of drug-likeness (QED) is 0.531. The van der Waals surface area contributed by atoms with Gasteiger partial charge in [-0.05, 0) is 48.7 Å². The molecular formula is C22H22F4N4O2S. The molecule has 1 fully saturated rings. The molecule has 0 atom stereocenters. The summed E-state index contributed by atoms with van der Waals surface area (Å²) in [7, 11) is -3.76. The largest absolute Gasteiger partial charge is 0.416 e. The summed E-state index contributed by atoms with van der Waals surface area (Å²) in [5, 5.41) is 0. The summed E-state index contributed by atoms with van der Waals surface area (Å²) in [5.41, 5.74) is 5.03. The third kappa shape index (κ3) is 4.66. The first kappa shape index (κ1) is 23.4. The van der Waals surface area contributed by atoms with Crippen molar-refractivity contribution in [3.8, 4) is 11.1 Å². The van der Waals surface area contributed by atoms with E-state index in [4.69, 9.17) is 5.73 Å². The lowest BCUT2D eigenvalue weighted by atomic mass is 10.0. The molecule has 0 aliphatic carbocycles. The molecule has 1 saturated heterocycles. The van der Waals surface area contributed by atoms with E-state index in [0.717, 1.165) is 31.1 Å². The Kier molecular flexibility index (Phi) is 6.30. The van der Waals surface area contributed by atoms with Gasteiger partial charge in [-0.15, -0.1) is 0 Å². The van der Waals surface area contributed by atoms with Crippen LogP contribution in [0.2, 0.25) is 0 Å². The molecule has 0 spiro atoms. The molecule has 1 aromatic heterocycles. The van der Waals surface area contributed by atoms with Gasteiger partial charge in [0.1, 0.15) is 5.83 Å². The molecule has 4 rings (SSSR count). The van der Waals surface area contributed by atoms with E-state index in [2.05, 4.69) is 4.98 Å². The van der Waals surface area contributed by atoms with Crippen molar-refractivity contribution < 1.29 is 26.0 Å². The number of fused-ring (bicyclic) bond motifs is 1. The molecule has 0 unspecified atom stereocenters. The summed E-state index contributed by atoms with van der Waals surface area (Å²) in [6, 6.07) is 7.65. The summed E-state index contributed by atoms with van der Waals surface area (Å²) in [4.78, 5) is 4.21. The number of benzene rings is 2. The van der Waals surface area contributed by atoms with E-state index in [1.165, 1.54) is 39.5 Å². The van der Waals surface area contributed by atoms with Crippen LogP contribution in [0.4, 0.5) is 17.6 Å². The highest BCUT2D eigenvalue weighted by atomic mass is 32.2. The summed E-state index contributed by atoms with van der Waals surface area (Å²) in [6.45, 7) is 0.451. The normalized spacial score (nSPS) is 16.1. The molecule has 2 heterocycles. The van der Waals surface area contributed by atoms with Crippen molar-refractivity contribution in [3.63, 3.8) is 0 Å². The molecular weight excluding hydrogens is 460 g/mol. The zero-order valence-corrected chi connectivity index (χ0v) is 18.3. The number of imidazole rings is 1. The summed E-state index contributed by atoms with van der Waals surface area (Å²) >= 11 is 0. The van der Waals surface area contributed by atoms with Crippen LogP contribution in [0.25, 0.3) is 22.2 Å². The first-order valence-corrected chi connectivity index (χ1v) is 11.8. The molecule has 33 heavy (non-hydrogen) atoms. The molecule has 6 nitrogen and oxygen atoms in total. The molecule has 0 bridgehead atoms. The molecule has 176 valence electrons. The molecule has 1 aliphatic heterocycles. The van der Waals surface area contributed by atoms with Crippen molar-refractivity contribution in [1.82, 2.24) is 13.9 Å².